The topological polar surface area (TPSA) is 116 Å². The average Bonchev–Trinajstić information content (AvgIpc) is 2.70. The number of aliphatic hydroxyl groups is 1. The highest BCUT2D eigenvalue weighted by Gasteiger charge is 2.22. The Morgan fingerprint density at radius 2 is 1.87 bits per heavy atom. The number of rotatable bonds is 17. The number of carboxylic acid groups (broad SMARTS) is 1. The van der Waals surface area contributed by atoms with E-state index in [2.05, 4.69) is 11.8 Å². The van der Waals surface area contributed by atoms with E-state index in [1.807, 2.05) is 0 Å². The average molecular weight is 463 g/mol. The number of sulfonamides is 1. The number of aliphatic hydroxyl groups excluding tert-OH is 1. The molecule has 30 heavy (non-hydrogen) atoms. The van der Waals surface area contributed by atoms with Gasteiger partial charge < -0.3 is 14.9 Å². The van der Waals surface area contributed by atoms with Gasteiger partial charge >= 0.3 is 5.97 Å². The number of aliphatic carboxylic acids is 1. The molecule has 0 aliphatic carbocycles. The van der Waals surface area contributed by atoms with Gasteiger partial charge in [-0.05, 0) is 30.5 Å². The second-order valence-electron chi connectivity index (χ2n) is 6.88. The van der Waals surface area contributed by atoms with E-state index in [-0.39, 0.29) is 18.8 Å². The number of unbranched alkanes of at least 4 members (excludes halogenated alkanes) is 2. The summed E-state index contributed by atoms with van der Waals surface area (Å²) < 4.78 is 31.7. The highest BCUT2D eigenvalue weighted by molar-refractivity contribution is 7.99. The van der Waals surface area contributed by atoms with E-state index < -0.39 is 22.1 Å². The zero-order valence-electron chi connectivity index (χ0n) is 17.7. The molecule has 0 saturated carbocycles. The first kappa shape index (κ1) is 26.7. The standard InChI is InChI=1S/C20H34N2O6S2/c1-3-5-6-7-19(23)17-8-10-18(11-9-17)22(30(26,27)16-4-2)21-29-15-14-28-13-12-20(24)25/h8-11,19,21,23H,3-7,12-16H2,1-2H3,(H,24,25). The van der Waals surface area contributed by atoms with Crippen LogP contribution in [-0.2, 0) is 19.6 Å². The SMILES string of the molecule is CCCCCC(O)c1ccc(N(NSCCOCCC(=O)O)S(=O)(=O)CCC)cc1. The van der Waals surface area contributed by atoms with E-state index in [1.165, 1.54) is 11.9 Å². The van der Waals surface area contributed by atoms with E-state index in [0.29, 0.717) is 30.9 Å². The van der Waals surface area contributed by atoms with Crippen LogP contribution >= 0.6 is 11.9 Å². The van der Waals surface area contributed by atoms with Crippen molar-refractivity contribution in [2.24, 2.45) is 0 Å². The van der Waals surface area contributed by atoms with Gasteiger partial charge in [0.25, 0.3) is 0 Å². The normalized spacial score (nSPS) is 12.6. The maximum absolute atomic E-state index is 12.7. The molecule has 10 heteroatoms. The van der Waals surface area contributed by atoms with Crippen LogP contribution in [0.15, 0.2) is 24.3 Å². The van der Waals surface area contributed by atoms with Crippen molar-refractivity contribution in [3.05, 3.63) is 29.8 Å². The van der Waals surface area contributed by atoms with Crippen LogP contribution in [0.25, 0.3) is 0 Å². The minimum Gasteiger partial charge on any atom is -0.481 e. The molecule has 3 N–H and O–H groups in total. The number of carbonyl (C=O) groups is 1. The molecule has 8 nitrogen and oxygen atoms in total. The number of nitrogens with zero attached hydrogens (tertiary/aromatic N) is 1. The number of ether oxygens (including phenoxy) is 1. The largest absolute Gasteiger partial charge is 0.481 e. The molecule has 0 aliphatic rings. The van der Waals surface area contributed by atoms with Crippen LogP contribution in [-0.4, -0.2) is 49.3 Å². The van der Waals surface area contributed by atoms with Crippen molar-refractivity contribution in [3.8, 4) is 0 Å². The van der Waals surface area contributed by atoms with Gasteiger partial charge in [-0.2, -0.15) is 9.25 Å². The fourth-order valence-electron chi connectivity index (χ4n) is 2.67. The number of hydrazine groups is 1. The molecule has 0 heterocycles. The molecule has 0 fully saturated rings. The molecule has 0 aliphatic heterocycles. The molecule has 0 aromatic heterocycles. The lowest BCUT2D eigenvalue weighted by Gasteiger charge is -2.24. The predicted molar refractivity (Wildman–Crippen MR) is 121 cm³/mol. The van der Waals surface area contributed by atoms with Gasteiger partial charge in [-0.3, -0.25) is 4.79 Å². The predicted octanol–water partition coefficient (Wildman–Crippen LogP) is 3.49. The second-order valence-corrected chi connectivity index (χ2v) is 9.70. The third-order valence-corrected chi connectivity index (χ3v) is 6.85. The van der Waals surface area contributed by atoms with Crippen molar-refractivity contribution in [3.63, 3.8) is 0 Å². The van der Waals surface area contributed by atoms with Crippen molar-refractivity contribution >= 4 is 33.6 Å². The van der Waals surface area contributed by atoms with Crippen LogP contribution in [0.3, 0.4) is 0 Å². The van der Waals surface area contributed by atoms with Gasteiger partial charge in [0.2, 0.25) is 10.0 Å². The zero-order valence-corrected chi connectivity index (χ0v) is 19.4. The van der Waals surface area contributed by atoms with Crippen molar-refractivity contribution in [2.75, 3.05) is 29.1 Å². The Morgan fingerprint density at radius 3 is 2.47 bits per heavy atom. The molecular weight excluding hydrogens is 428 g/mol. The molecule has 0 radical (unpaired) electrons. The molecule has 1 unspecified atom stereocenters. The van der Waals surface area contributed by atoms with Gasteiger partial charge in [0, 0.05) is 5.75 Å². The first-order valence-corrected chi connectivity index (χ1v) is 12.9. The van der Waals surface area contributed by atoms with Crippen LogP contribution in [0.2, 0.25) is 0 Å². The van der Waals surface area contributed by atoms with Crippen LogP contribution in [0, 0.1) is 0 Å². The van der Waals surface area contributed by atoms with Crippen molar-refractivity contribution < 1.29 is 28.2 Å². The van der Waals surface area contributed by atoms with Gasteiger partial charge in [0.1, 0.15) is 0 Å². The Balaban J connectivity index is 2.70. The lowest BCUT2D eigenvalue weighted by atomic mass is 10.0. The Morgan fingerprint density at radius 1 is 1.17 bits per heavy atom. The van der Waals surface area contributed by atoms with Crippen molar-refractivity contribution in [1.29, 1.82) is 0 Å². The summed E-state index contributed by atoms with van der Waals surface area (Å²) in [6.07, 6.45) is 3.65. The Labute approximate surface area is 184 Å². The van der Waals surface area contributed by atoms with E-state index in [9.17, 15) is 18.3 Å². The molecule has 172 valence electrons. The molecule has 0 saturated heterocycles. The van der Waals surface area contributed by atoms with Crippen LogP contribution in [0.1, 0.15) is 64.0 Å². The van der Waals surface area contributed by atoms with Gasteiger partial charge in [0.05, 0.1) is 37.2 Å². The van der Waals surface area contributed by atoms with E-state index in [1.54, 1.807) is 31.2 Å². The molecule has 1 rings (SSSR count). The molecule has 1 aromatic carbocycles. The minimum absolute atomic E-state index is 0.00291. The monoisotopic (exact) mass is 462 g/mol. The van der Waals surface area contributed by atoms with Crippen LogP contribution < -0.4 is 9.25 Å². The number of hydrogen-bond acceptors (Lipinski definition) is 7. The molecule has 0 amide bonds. The summed E-state index contributed by atoms with van der Waals surface area (Å²) >= 11 is 1.17. The molecule has 1 aromatic rings. The summed E-state index contributed by atoms with van der Waals surface area (Å²) in [6, 6.07) is 6.87. The quantitative estimate of drug-likeness (QED) is 0.183. The summed E-state index contributed by atoms with van der Waals surface area (Å²) in [7, 11) is -3.56. The maximum Gasteiger partial charge on any atom is 0.305 e. The number of anilines is 1. The smallest absolute Gasteiger partial charge is 0.305 e. The van der Waals surface area contributed by atoms with Crippen LogP contribution in [0.4, 0.5) is 5.69 Å². The number of hydrogen-bond donors (Lipinski definition) is 3. The lowest BCUT2D eigenvalue weighted by molar-refractivity contribution is -0.138. The highest BCUT2D eigenvalue weighted by atomic mass is 32.2. The third-order valence-electron chi connectivity index (χ3n) is 4.27. The van der Waals surface area contributed by atoms with E-state index in [4.69, 9.17) is 9.84 Å². The summed E-state index contributed by atoms with van der Waals surface area (Å²) in [5, 5.41) is 18.9. The minimum atomic E-state index is -3.56. The Hall–Kier alpha value is -1.33. The number of nitrogens with one attached hydrogen (secondary N) is 1. The Bertz CT molecular complexity index is 713. The highest BCUT2D eigenvalue weighted by Crippen LogP contribution is 2.24. The second kappa shape index (κ2) is 14.6. The molecule has 0 spiro atoms. The molecular formula is C20H34N2O6S2. The van der Waals surface area contributed by atoms with Gasteiger partial charge in [0.15, 0.2) is 0 Å². The fourth-order valence-corrected chi connectivity index (χ4v) is 4.94. The summed E-state index contributed by atoms with van der Waals surface area (Å²) in [5.74, 6) is -0.472. The van der Waals surface area contributed by atoms with Gasteiger partial charge in [-0.15, -0.1) is 0 Å². The van der Waals surface area contributed by atoms with E-state index >= 15 is 0 Å². The first-order chi connectivity index (χ1) is 14.3. The van der Waals surface area contributed by atoms with Gasteiger partial charge in [-0.1, -0.05) is 57.2 Å². The van der Waals surface area contributed by atoms with Crippen molar-refractivity contribution in [2.45, 2.75) is 58.5 Å². The zero-order chi connectivity index (χ0) is 22.4. The lowest BCUT2D eigenvalue weighted by Crippen LogP contribution is -2.41. The number of benzene rings is 1. The van der Waals surface area contributed by atoms with E-state index in [0.717, 1.165) is 29.2 Å². The van der Waals surface area contributed by atoms with Gasteiger partial charge in [-0.25, -0.2) is 8.42 Å². The van der Waals surface area contributed by atoms with Crippen LogP contribution in [0.5, 0.6) is 0 Å². The van der Waals surface area contributed by atoms with Crippen molar-refractivity contribution in [1.82, 2.24) is 4.83 Å². The first-order valence-electron chi connectivity index (χ1n) is 10.3. The third kappa shape index (κ3) is 10.1. The summed E-state index contributed by atoms with van der Waals surface area (Å²) in [5.41, 5.74) is 1.23. The number of carboxylic acids is 1. The maximum atomic E-state index is 12.7. The summed E-state index contributed by atoms with van der Waals surface area (Å²) in [6.45, 7) is 4.33. The summed E-state index contributed by atoms with van der Waals surface area (Å²) in [4.78, 5) is 13.3. The fraction of sp³-hybridized carbons (Fsp3) is 0.650. The molecule has 1 atom stereocenters. The molecule has 0 bridgehead atoms. The Kier molecular flexibility index (Phi) is 13.0.